The number of rotatable bonds is 8. The molecule has 6 heteroatoms. The molecule has 0 fully saturated rings. The van der Waals surface area contributed by atoms with Crippen molar-refractivity contribution in [1.82, 2.24) is 4.57 Å². The van der Waals surface area contributed by atoms with Gasteiger partial charge in [-0.1, -0.05) is 29.8 Å². The van der Waals surface area contributed by atoms with Gasteiger partial charge in [-0.05, 0) is 92.9 Å². The van der Waals surface area contributed by atoms with Gasteiger partial charge in [-0.25, -0.2) is 0 Å². The topological polar surface area (TPSA) is 48.3 Å². The van der Waals surface area contributed by atoms with Crippen LogP contribution in [0.4, 0.5) is 0 Å². The number of nitrogens with zero attached hydrogens (tertiary/aromatic N) is 1. The van der Waals surface area contributed by atoms with Crippen LogP contribution in [0, 0.1) is 13.8 Å². The highest BCUT2D eigenvalue weighted by Gasteiger charge is 2.26. The van der Waals surface area contributed by atoms with Crippen LogP contribution in [-0.2, 0) is 11.2 Å². The van der Waals surface area contributed by atoms with Gasteiger partial charge >= 0.3 is 0 Å². The number of halogens is 1. The number of carbonyl (C=O) groups excluding carboxylic acids is 2. The fourth-order valence-electron chi connectivity index (χ4n) is 4.87. The number of hydrogen-bond acceptors (Lipinski definition) is 4. The minimum atomic E-state index is -0.0839. The van der Waals surface area contributed by atoms with Gasteiger partial charge < -0.3 is 9.30 Å². The highest BCUT2D eigenvalue weighted by Crippen LogP contribution is 2.41. The molecule has 188 valence electrons. The van der Waals surface area contributed by atoms with E-state index >= 15 is 0 Å². The molecule has 0 saturated carbocycles. The van der Waals surface area contributed by atoms with Crippen LogP contribution in [0.3, 0.4) is 0 Å². The first-order chi connectivity index (χ1) is 17.8. The SMILES string of the molecule is CC(=O)c1ccc(-c2cc(Cl)c3c(c2)CC(CCC(=O)/C=C/c2cc(C)n(-c4ccccc4)c2C)O3)s1. The Balaban J connectivity index is 1.21. The zero-order chi connectivity index (χ0) is 26.1. The van der Waals surface area contributed by atoms with Gasteiger partial charge in [0.15, 0.2) is 11.6 Å². The molecular weight excluding hydrogens is 502 g/mol. The third-order valence-electron chi connectivity index (χ3n) is 6.74. The molecule has 1 unspecified atom stereocenters. The molecule has 1 aliphatic rings. The lowest BCUT2D eigenvalue weighted by molar-refractivity contribution is -0.115. The van der Waals surface area contributed by atoms with E-state index < -0.39 is 0 Å². The van der Waals surface area contributed by atoms with Crippen molar-refractivity contribution in [2.24, 2.45) is 0 Å². The summed E-state index contributed by atoms with van der Waals surface area (Å²) in [5, 5.41) is 0.563. The highest BCUT2D eigenvalue weighted by molar-refractivity contribution is 7.17. The second kappa shape index (κ2) is 10.5. The third kappa shape index (κ3) is 5.34. The maximum absolute atomic E-state index is 12.7. The average Bonchev–Trinajstić information content (AvgIpc) is 3.59. The van der Waals surface area contributed by atoms with Gasteiger partial charge in [0.2, 0.25) is 0 Å². The number of Topliss-reactive ketones (excluding diaryl/α,β-unsaturated/α-hetero) is 1. The summed E-state index contributed by atoms with van der Waals surface area (Å²) < 4.78 is 8.31. The molecule has 0 aliphatic carbocycles. The second-order valence-corrected chi connectivity index (χ2v) is 10.9. The molecule has 0 saturated heterocycles. The maximum atomic E-state index is 12.7. The summed E-state index contributed by atoms with van der Waals surface area (Å²) in [7, 11) is 0. The number of ketones is 2. The van der Waals surface area contributed by atoms with Gasteiger partial charge in [0.05, 0.1) is 9.90 Å². The quantitative estimate of drug-likeness (QED) is 0.171. The Bertz CT molecular complexity index is 1510. The number of thiophene rings is 1. The summed E-state index contributed by atoms with van der Waals surface area (Å²) in [6.07, 6.45) is 5.24. The van der Waals surface area contributed by atoms with Crippen LogP contribution in [-0.4, -0.2) is 22.2 Å². The van der Waals surface area contributed by atoms with E-state index in [1.54, 1.807) is 13.0 Å². The molecule has 5 rings (SSSR count). The van der Waals surface area contributed by atoms with Crippen molar-refractivity contribution in [3.05, 3.63) is 99.2 Å². The number of aryl methyl sites for hydroxylation is 1. The molecule has 2 aromatic carbocycles. The second-order valence-electron chi connectivity index (χ2n) is 9.45. The lowest BCUT2D eigenvalue weighted by Crippen LogP contribution is -2.14. The summed E-state index contributed by atoms with van der Waals surface area (Å²) in [6, 6.07) is 20.1. The van der Waals surface area contributed by atoms with E-state index in [1.165, 1.54) is 11.3 Å². The van der Waals surface area contributed by atoms with E-state index in [-0.39, 0.29) is 17.7 Å². The third-order valence-corrected chi connectivity index (χ3v) is 8.25. The number of allylic oxidation sites excluding steroid dienone is 1. The number of benzene rings is 2. The minimum absolute atomic E-state index is 0.0599. The highest BCUT2D eigenvalue weighted by atomic mass is 35.5. The predicted octanol–water partition coefficient (Wildman–Crippen LogP) is 8.04. The van der Waals surface area contributed by atoms with E-state index in [9.17, 15) is 9.59 Å². The Kier molecular flexibility index (Phi) is 7.18. The molecule has 0 N–H and O–H groups in total. The van der Waals surface area contributed by atoms with Crippen LogP contribution in [0.5, 0.6) is 5.75 Å². The van der Waals surface area contributed by atoms with Crippen molar-refractivity contribution in [3.8, 4) is 21.9 Å². The first-order valence-electron chi connectivity index (χ1n) is 12.4. The number of fused-ring (bicyclic) bond motifs is 1. The number of hydrogen-bond donors (Lipinski definition) is 0. The molecule has 4 nitrogen and oxygen atoms in total. The van der Waals surface area contributed by atoms with Crippen LogP contribution < -0.4 is 4.74 Å². The van der Waals surface area contributed by atoms with Crippen LogP contribution in [0.2, 0.25) is 5.02 Å². The molecule has 4 aromatic rings. The van der Waals surface area contributed by atoms with Crippen molar-refractivity contribution in [2.45, 2.75) is 46.1 Å². The lowest BCUT2D eigenvalue weighted by atomic mass is 10.0. The first kappa shape index (κ1) is 25.2. The maximum Gasteiger partial charge on any atom is 0.169 e. The molecule has 0 spiro atoms. The van der Waals surface area contributed by atoms with Crippen molar-refractivity contribution >= 4 is 40.6 Å². The number of aromatic nitrogens is 1. The van der Waals surface area contributed by atoms with Gasteiger partial charge in [-0.2, -0.15) is 0 Å². The Morgan fingerprint density at radius 3 is 2.62 bits per heavy atom. The Hall–Kier alpha value is -3.41. The summed E-state index contributed by atoms with van der Waals surface area (Å²) in [5.74, 6) is 0.839. The van der Waals surface area contributed by atoms with Crippen molar-refractivity contribution in [3.63, 3.8) is 0 Å². The van der Waals surface area contributed by atoms with Crippen LogP contribution >= 0.6 is 22.9 Å². The molecule has 2 aromatic heterocycles. The van der Waals surface area contributed by atoms with Gasteiger partial charge in [-0.3, -0.25) is 9.59 Å². The fourth-order valence-corrected chi connectivity index (χ4v) is 6.05. The molecule has 1 atom stereocenters. The Morgan fingerprint density at radius 1 is 1.11 bits per heavy atom. The summed E-state index contributed by atoms with van der Waals surface area (Å²) in [6.45, 7) is 5.72. The lowest BCUT2D eigenvalue weighted by Gasteiger charge is -2.10. The zero-order valence-corrected chi connectivity index (χ0v) is 22.7. The van der Waals surface area contributed by atoms with Crippen LogP contribution in [0.15, 0.2) is 66.7 Å². The van der Waals surface area contributed by atoms with Crippen molar-refractivity contribution < 1.29 is 14.3 Å². The van der Waals surface area contributed by atoms with E-state index in [1.807, 2.05) is 42.5 Å². The van der Waals surface area contributed by atoms with Crippen molar-refractivity contribution in [1.29, 1.82) is 0 Å². The van der Waals surface area contributed by atoms with Crippen molar-refractivity contribution in [2.75, 3.05) is 0 Å². The molecular formula is C31H28ClNO3S. The summed E-state index contributed by atoms with van der Waals surface area (Å²) in [4.78, 5) is 26.1. The molecule has 0 bridgehead atoms. The molecule has 3 heterocycles. The van der Waals surface area contributed by atoms with Gasteiger partial charge in [-0.15, -0.1) is 11.3 Å². The summed E-state index contributed by atoms with van der Waals surface area (Å²) in [5.41, 5.74) is 6.42. The van der Waals surface area contributed by atoms with E-state index in [4.69, 9.17) is 16.3 Å². The van der Waals surface area contributed by atoms with Gasteiger partial charge in [0, 0.05) is 40.4 Å². The largest absolute Gasteiger partial charge is 0.488 e. The molecule has 0 radical (unpaired) electrons. The molecule has 37 heavy (non-hydrogen) atoms. The number of carbonyl (C=O) groups is 2. The Labute approximate surface area is 226 Å². The first-order valence-corrected chi connectivity index (χ1v) is 13.5. The monoisotopic (exact) mass is 529 g/mol. The van der Waals surface area contributed by atoms with Gasteiger partial charge in [0.25, 0.3) is 0 Å². The van der Waals surface area contributed by atoms with E-state index in [0.717, 1.165) is 43.5 Å². The minimum Gasteiger partial charge on any atom is -0.488 e. The molecule has 1 aliphatic heterocycles. The fraction of sp³-hybridized carbons (Fsp3) is 0.226. The standard InChI is InChI=1S/C31H28ClNO3S/c1-19-15-22(20(2)33(19)25-7-5-4-6-8-25)9-10-26(35)11-12-27-17-24-16-23(18-28(32)31(24)36-27)30-14-13-29(37-30)21(3)34/h4-10,13-16,18,27H,11-12,17H2,1-3H3/b10-9+. The molecule has 0 amide bonds. The number of para-hydroxylation sites is 1. The van der Waals surface area contributed by atoms with Crippen LogP contribution in [0.1, 0.15) is 52.0 Å². The zero-order valence-electron chi connectivity index (χ0n) is 21.1. The number of ether oxygens (including phenoxy) is 1. The predicted molar refractivity (Wildman–Crippen MR) is 151 cm³/mol. The average molecular weight is 530 g/mol. The van der Waals surface area contributed by atoms with Gasteiger partial charge in [0.1, 0.15) is 11.9 Å². The van der Waals surface area contributed by atoms with E-state index in [2.05, 4.69) is 42.7 Å². The van der Waals surface area contributed by atoms with Crippen LogP contribution in [0.25, 0.3) is 22.2 Å². The van der Waals surface area contributed by atoms with E-state index in [0.29, 0.717) is 30.0 Å². The Morgan fingerprint density at radius 2 is 1.89 bits per heavy atom. The normalized spacial score (nSPS) is 14.6. The summed E-state index contributed by atoms with van der Waals surface area (Å²) >= 11 is 8.01. The smallest absolute Gasteiger partial charge is 0.169 e.